The Bertz CT molecular complexity index is 685. The van der Waals surface area contributed by atoms with Crippen molar-refractivity contribution in [2.75, 3.05) is 7.11 Å². The lowest BCUT2D eigenvalue weighted by atomic mass is 10.0. The Hall–Kier alpha value is -2.57. The van der Waals surface area contributed by atoms with Crippen molar-refractivity contribution in [1.82, 2.24) is 0 Å². The molecule has 106 valence electrons. The first-order valence-corrected chi connectivity index (χ1v) is 6.79. The van der Waals surface area contributed by atoms with E-state index in [1.807, 2.05) is 74.4 Å². The second kappa shape index (κ2) is 6.74. The third-order valence-electron chi connectivity index (χ3n) is 3.28. The number of ether oxygens (including phenoxy) is 1. The van der Waals surface area contributed by atoms with Gasteiger partial charge in [-0.25, -0.2) is 4.79 Å². The molecule has 2 rings (SSSR count). The maximum absolute atomic E-state index is 11.4. The van der Waals surface area contributed by atoms with Gasteiger partial charge in [-0.3, -0.25) is 0 Å². The summed E-state index contributed by atoms with van der Waals surface area (Å²) in [6, 6.07) is 15.8. The molecule has 0 heterocycles. The molecule has 0 aliphatic carbocycles. The van der Waals surface area contributed by atoms with Crippen LogP contribution in [0.4, 0.5) is 0 Å². The fraction of sp³-hybridized carbons (Fsp3) is 0.158. The number of hydrogen-bond acceptors (Lipinski definition) is 2. The normalized spacial score (nSPS) is 10.9. The summed E-state index contributed by atoms with van der Waals surface area (Å²) in [7, 11) is 1.56. The lowest BCUT2D eigenvalue weighted by Crippen LogP contribution is -1.94. The van der Waals surface area contributed by atoms with Gasteiger partial charge in [0.05, 0.1) is 7.11 Å². The van der Waals surface area contributed by atoms with Gasteiger partial charge in [0.1, 0.15) is 17.3 Å². The summed E-state index contributed by atoms with van der Waals surface area (Å²) >= 11 is 0. The summed E-state index contributed by atoms with van der Waals surface area (Å²) in [5.41, 5.74) is 4.55. The Morgan fingerprint density at radius 1 is 0.952 bits per heavy atom. The molecule has 0 aromatic heterocycles. The molecule has 0 spiro atoms. The van der Waals surface area contributed by atoms with E-state index >= 15 is 0 Å². The molecule has 2 aromatic rings. The third-order valence-corrected chi connectivity index (χ3v) is 3.28. The van der Waals surface area contributed by atoms with Crippen molar-refractivity contribution >= 4 is 17.6 Å². The first-order chi connectivity index (χ1) is 10.1. The van der Waals surface area contributed by atoms with Gasteiger partial charge < -0.3 is 4.74 Å². The first-order valence-electron chi connectivity index (χ1n) is 6.79. The molecule has 0 amide bonds. The third kappa shape index (κ3) is 3.71. The average Bonchev–Trinajstić information content (AvgIpc) is 2.50. The minimum absolute atomic E-state index is 0.429. The first kappa shape index (κ1) is 14.8. The number of allylic oxidation sites excluding steroid dienone is 1. The van der Waals surface area contributed by atoms with Gasteiger partial charge in [0.2, 0.25) is 0 Å². The SMILES string of the molecule is CO/C(=C/c1ccc(C)cc1)C(=C=O)c1ccc(C)cc1. The van der Waals surface area contributed by atoms with E-state index in [-0.39, 0.29) is 0 Å². The van der Waals surface area contributed by atoms with Crippen molar-refractivity contribution in [1.29, 1.82) is 0 Å². The summed E-state index contributed by atoms with van der Waals surface area (Å²) < 4.78 is 5.38. The van der Waals surface area contributed by atoms with Crippen LogP contribution >= 0.6 is 0 Å². The standard InChI is InChI=1S/C19H18O2/c1-14-4-8-16(9-5-14)12-19(21-3)18(13-20)17-10-6-15(2)7-11-17/h4-12H,1-3H3/b19-12+. The highest BCUT2D eigenvalue weighted by molar-refractivity contribution is 5.98. The van der Waals surface area contributed by atoms with Crippen LogP contribution in [0.5, 0.6) is 0 Å². The van der Waals surface area contributed by atoms with Gasteiger partial charge >= 0.3 is 0 Å². The molecule has 0 unspecified atom stereocenters. The highest BCUT2D eigenvalue weighted by Gasteiger charge is 2.10. The smallest absolute Gasteiger partial charge is 0.138 e. The Morgan fingerprint density at radius 3 is 1.95 bits per heavy atom. The maximum Gasteiger partial charge on any atom is 0.138 e. The minimum Gasteiger partial charge on any atom is -0.495 e. The number of aryl methyl sites for hydroxylation is 2. The fourth-order valence-electron chi connectivity index (χ4n) is 2.02. The molecule has 2 heteroatoms. The van der Waals surface area contributed by atoms with E-state index < -0.39 is 0 Å². The zero-order valence-electron chi connectivity index (χ0n) is 12.5. The van der Waals surface area contributed by atoms with E-state index in [2.05, 4.69) is 0 Å². The molecule has 2 nitrogen and oxygen atoms in total. The second-order valence-electron chi connectivity index (χ2n) is 4.97. The molecular weight excluding hydrogens is 260 g/mol. The average molecular weight is 278 g/mol. The largest absolute Gasteiger partial charge is 0.495 e. The molecule has 0 bridgehead atoms. The number of carbonyl (C=O) groups excluding carboxylic acids is 1. The zero-order valence-corrected chi connectivity index (χ0v) is 12.5. The van der Waals surface area contributed by atoms with Gasteiger partial charge in [0.25, 0.3) is 0 Å². The molecule has 0 aliphatic heterocycles. The lowest BCUT2D eigenvalue weighted by molar-refractivity contribution is 0.315. The predicted molar refractivity (Wildman–Crippen MR) is 86.4 cm³/mol. The van der Waals surface area contributed by atoms with E-state index in [1.165, 1.54) is 5.56 Å². The van der Waals surface area contributed by atoms with Crippen LogP contribution in [0.3, 0.4) is 0 Å². The Labute approximate surface area is 125 Å². The van der Waals surface area contributed by atoms with Gasteiger partial charge in [0.15, 0.2) is 0 Å². The second-order valence-corrected chi connectivity index (χ2v) is 4.97. The van der Waals surface area contributed by atoms with Crippen LogP contribution < -0.4 is 0 Å². The van der Waals surface area contributed by atoms with Crippen LogP contribution in [0.1, 0.15) is 22.3 Å². The van der Waals surface area contributed by atoms with Crippen molar-refractivity contribution in [2.45, 2.75) is 13.8 Å². The molecule has 0 saturated heterocycles. The van der Waals surface area contributed by atoms with Crippen LogP contribution in [0, 0.1) is 13.8 Å². The lowest BCUT2D eigenvalue weighted by Gasteiger charge is -2.08. The number of benzene rings is 2. The number of rotatable bonds is 4. The predicted octanol–water partition coefficient (Wildman–Crippen LogP) is 4.21. The van der Waals surface area contributed by atoms with E-state index in [1.54, 1.807) is 7.11 Å². The molecule has 0 N–H and O–H groups in total. The molecule has 2 aromatic carbocycles. The highest BCUT2D eigenvalue weighted by Crippen LogP contribution is 2.23. The van der Waals surface area contributed by atoms with E-state index in [0.717, 1.165) is 16.7 Å². The van der Waals surface area contributed by atoms with Crippen LogP contribution in [0.15, 0.2) is 54.3 Å². The van der Waals surface area contributed by atoms with Crippen molar-refractivity contribution in [3.63, 3.8) is 0 Å². The molecule has 0 fully saturated rings. The molecule has 21 heavy (non-hydrogen) atoms. The topological polar surface area (TPSA) is 26.3 Å². The number of hydrogen-bond donors (Lipinski definition) is 0. The van der Waals surface area contributed by atoms with Crippen molar-refractivity contribution in [3.05, 3.63) is 76.5 Å². The Morgan fingerprint density at radius 2 is 1.48 bits per heavy atom. The van der Waals surface area contributed by atoms with Gasteiger partial charge in [-0.05, 0) is 31.1 Å². The molecule has 0 aliphatic rings. The van der Waals surface area contributed by atoms with Crippen molar-refractivity contribution in [3.8, 4) is 0 Å². The summed E-state index contributed by atoms with van der Waals surface area (Å²) in [4.78, 5) is 11.4. The number of methoxy groups -OCH3 is 1. The van der Waals surface area contributed by atoms with Crippen molar-refractivity contribution < 1.29 is 9.53 Å². The van der Waals surface area contributed by atoms with Crippen LogP contribution in [-0.4, -0.2) is 13.1 Å². The van der Waals surface area contributed by atoms with E-state index in [4.69, 9.17) is 4.74 Å². The van der Waals surface area contributed by atoms with Crippen LogP contribution in [0.25, 0.3) is 11.6 Å². The van der Waals surface area contributed by atoms with E-state index in [0.29, 0.717) is 11.3 Å². The monoisotopic (exact) mass is 278 g/mol. The van der Waals surface area contributed by atoms with Crippen molar-refractivity contribution in [2.24, 2.45) is 0 Å². The zero-order chi connectivity index (χ0) is 15.2. The fourth-order valence-corrected chi connectivity index (χ4v) is 2.02. The summed E-state index contributed by atoms with van der Waals surface area (Å²) in [5.74, 6) is 2.51. The van der Waals surface area contributed by atoms with E-state index in [9.17, 15) is 4.79 Å². The molecule has 0 radical (unpaired) electrons. The van der Waals surface area contributed by atoms with Gasteiger partial charge in [0, 0.05) is 0 Å². The highest BCUT2D eigenvalue weighted by atomic mass is 16.5. The van der Waals surface area contributed by atoms with Crippen LogP contribution in [0.2, 0.25) is 0 Å². The Balaban J connectivity index is 2.40. The quantitative estimate of drug-likeness (QED) is 0.476. The summed E-state index contributed by atoms with van der Waals surface area (Å²) in [6.45, 7) is 4.04. The molecule has 0 atom stereocenters. The van der Waals surface area contributed by atoms with Gasteiger partial charge in [-0.15, -0.1) is 0 Å². The molecule has 0 saturated carbocycles. The molecular formula is C19H18O2. The summed E-state index contributed by atoms with van der Waals surface area (Å²) in [6.07, 6.45) is 1.85. The van der Waals surface area contributed by atoms with Gasteiger partial charge in [-0.1, -0.05) is 59.7 Å². The minimum atomic E-state index is 0.429. The maximum atomic E-state index is 11.4. The van der Waals surface area contributed by atoms with Crippen LogP contribution in [-0.2, 0) is 9.53 Å². The van der Waals surface area contributed by atoms with Gasteiger partial charge in [-0.2, -0.15) is 0 Å². The summed E-state index contributed by atoms with van der Waals surface area (Å²) in [5, 5.41) is 0. The Kier molecular flexibility index (Phi) is 4.76.